The van der Waals surface area contributed by atoms with Crippen LogP contribution in [-0.2, 0) is 9.53 Å². The predicted octanol–water partition coefficient (Wildman–Crippen LogP) is -0.473. The molecule has 0 aromatic rings. The first-order chi connectivity index (χ1) is 8.22. The average Bonchev–Trinajstić information content (AvgIpc) is 2.38. The number of ether oxygens (including phenoxy) is 1. The number of nitrogens with zero attached hydrogens (tertiary/aromatic N) is 2. The first-order valence-corrected chi connectivity index (χ1v) is 6.57. The standard InChI is InChI=1S/C12H23N3O2/c1-3-14-6-7-17-11(9-14)12(16)15-5-4-13-8-10(15)2/h10-11,13H,3-9H2,1-2H3. The van der Waals surface area contributed by atoms with Gasteiger partial charge in [-0.2, -0.15) is 0 Å². The third-order valence-electron chi connectivity index (χ3n) is 3.66. The van der Waals surface area contributed by atoms with Crippen molar-refractivity contribution in [2.24, 2.45) is 0 Å². The number of carbonyl (C=O) groups excluding carboxylic acids is 1. The fourth-order valence-corrected chi connectivity index (χ4v) is 2.49. The van der Waals surface area contributed by atoms with Crippen molar-refractivity contribution >= 4 is 5.91 Å². The summed E-state index contributed by atoms with van der Waals surface area (Å²) in [7, 11) is 0. The molecular formula is C12H23N3O2. The Balaban J connectivity index is 1.93. The van der Waals surface area contributed by atoms with Crippen LogP contribution in [0, 0.1) is 0 Å². The van der Waals surface area contributed by atoms with E-state index < -0.39 is 0 Å². The molecule has 0 saturated carbocycles. The van der Waals surface area contributed by atoms with E-state index in [1.165, 1.54) is 0 Å². The molecule has 0 aromatic heterocycles. The zero-order valence-corrected chi connectivity index (χ0v) is 10.8. The van der Waals surface area contributed by atoms with E-state index in [0.29, 0.717) is 6.61 Å². The van der Waals surface area contributed by atoms with Crippen molar-refractivity contribution in [2.45, 2.75) is 26.0 Å². The highest BCUT2D eigenvalue weighted by molar-refractivity contribution is 5.81. The third-order valence-corrected chi connectivity index (χ3v) is 3.66. The Bertz CT molecular complexity index is 272. The highest BCUT2D eigenvalue weighted by Gasteiger charge is 2.32. The third kappa shape index (κ3) is 2.97. The van der Waals surface area contributed by atoms with Crippen LogP contribution < -0.4 is 5.32 Å². The number of nitrogens with one attached hydrogen (secondary N) is 1. The summed E-state index contributed by atoms with van der Waals surface area (Å²) in [6.45, 7) is 10.1. The number of carbonyl (C=O) groups is 1. The van der Waals surface area contributed by atoms with Gasteiger partial charge in [-0.25, -0.2) is 0 Å². The smallest absolute Gasteiger partial charge is 0.253 e. The Morgan fingerprint density at radius 3 is 3.00 bits per heavy atom. The SMILES string of the molecule is CCN1CCOC(C(=O)N2CCNCC2C)C1. The molecule has 0 bridgehead atoms. The van der Waals surface area contributed by atoms with Crippen LogP contribution in [0.1, 0.15) is 13.8 Å². The van der Waals surface area contributed by atoms with E-state index in [0.717, 1.165) is 39.3 Å². The van der Waals surface area contributed by atoms with Gasteiger partial charge in [0.15, 0.2) is 0 Å². The van der Waals surface area contributed by atoms with Gasteiger partial charge in [-0.1, -0.05) is 6.92 Å². The van der Waals surface area contributed by atoms with Gasteiger partial charge in [-0.05, 0) is 13.5 Å². The molecule has 2 fully saturated rings. The van der Waals surface area contributed by atoms with Gasteiger partial charge in [-0.15, -0.1) is 0 Å². The van der Waals surface area contributed by atoms with Crippen molar-refractivity contribution < 1.29 is 9.53 Å². The monoisotopic (exact) mass is 241 g/mol. The second-order valence-corrected chi connectivity index (χ2v) is 4.84. The summed E-state index contributed by atoms with van der Waals surface area (Å²) in [6.07, 6.45) is -0.260. The number of amides is 1. The summed E-state index contributed by atoms with van der Waals surface area (Å²) in [4.78, 5) is 16.6. The van der Waals surface area contributed by atoms with Crippen LogP contribution >= 0.6 is 0 Å². The van der Waals surface area contributed by atoms with Crippen molar-refractivity contribution in [1.29, 1.82) is 0 Å². The minimum Gasteiger partial charge on any atom is -0.366 e. The molecule has 1 N–H and O–H groups in total. The van der Waals surface area contributed by atoms with E-state index in [1.54, 1.807) is 0 Å². The molecule has 0 spiro atoms. The van der Waals surface area contributed by atoms with Crippen molar-refractivity contribution in [3.63, 3.8) is 0 Å². The van der Waals surface area contributed by atoms with Crippen LogP contribution in [0.15, 0.2) is 0 Å². The topological polar surface area (TPSA) is 44.8 Å². The Hall–Kier alpha value is -0.650. The normalized spacial score (nSPS) is 31.5. The van der Waals surface area contributed by atoms with Gasteiger partial charge in [0.25, 0.3) is 5.91 Å². The van der Waals surface area contributed by atoms with Gasteiger partial charge in [0.05, 0.1) is 6.61 Å². The summed E-state index contributed by atoms with van der Waals surface area (Å²) < 4.78 is 5.62. The quantitative estimate of drug-likeness (QED) is 0.710. The summed E-state index contributed by atoms with van der Waals surface area (Å²) in [5.41, 5.74) is 0. The van der Waals surface area contributed by atoms with Crippen LogP contribution in [0.5, 0.6) is 0 Å². The van der Waals surface area contributed by atoms with Crippen LogP contribution in [-0.4, -0.2) is 73.7 Å². The second kappa shape index (κ2) is 5.80. The largest absolute Gasteiger partial charge is 0.366 e. The van der Waals surface area contributed by atoms with E-state index in [9.17, 15) is 4.79 Å². The molecule has 1 amide bonds. The van der Waals surface area contributed by atoms with E-state index in [1.807, 2.05) is 4.90 Å². The lowest BCUT2D eigenvalue weighted by Gasteiger charge is -2.39. The van der Waals surface area contributed by atoms with Gasteiger partial charge in [0, 0.05) is 38.8 Å². The van der Waals surface area contributed by atoms with Gasteiger partial charge in [0.1, 0.15) is 6.10 Å². The van der Waals surface area contributed by atoms with Gasteiger partial charge in [0.2, 0.25) is 0 Å². The molecule has 2 atom stereocenters. The minimum atomic E-state index is -0.260. The van der Waals surface area contributed by atoms with Crippen LogP contribution in [0.25, 0.3) is 0 Å². The van der Waals surface area contributed by atoms with Crippen LogP contribution in [0.2, 0.25) is 0 Å². The highest BCUT2D eigenvalue weighted by Crippen LogP contribution is 2.11. The molecule has 2 saturated heterocycles. The van der Waals surface area contributed by atoms with Crippen molar-refractivity contribution in [3.8, 4) is 0 Å². The minimum absolute atomic E-state index is 0.164. The number of likely N-dealkylation sites (N-methyl/N-ethyl adjacent to an activating group) is 1. The fourth-order valence-electron chi connectivity index (χ4n) is 2.49. The average molecular weight is 241 g/mol. The van der Waals surface area contributed by atoms with E-state index >= 15 is 0 Å². The Morgan fingerprint density at radius 2 is 2.29 bits per heavy atom. The molecule has 2 heterocycles. The predicted molar refractivity (Wildman–Crippen MR) is 65.9 cm³/mol. The molecule has 2 unspecified atom stereocenters. The molecule has 0 aromatic carbocycles. The van der Waals surface area contributed by atoms with E-state index in [4.69, 9.17) is 4.74 Å². The molecule has 2 aliphatic rings. The number of hydrogen-bond donors (Lipinski definition) is 1. The van der Waals surface area contributed by atoms with Crippen LogP contribution in [0.3, 0.4) is 0 Å². The summed E-state index contributed by atoms with van der Waals surface area (Å²) >= 11 is 0. The summed E-state index contributed by atoms with van der Waals surface area (Å²) in [5.74, 6) is 0.164. The number of rotatable bonds is 2. The Labute approximate surface area is 103 Å². The van der Waals surface area contributed by atoms with Gasteiger partial charge < -0.3 is 15.0 Å². The van der Waals surface area contributed by atoms with E-state index in [-0.39, 0.29) is 18.1 Å². The lowest BCUT2D eigenvalue weighted by atomic mass is 10.1. The molecular weight excluding hydrogens is 218 g/mol. The first-order valence-electron chi connectivity index (χ1n) is 6.57. The lowest BCUT2D eigenvalue weighted by Crippen LogP contribution is -2.58. The van der Waals surface area contributed by atoms with E-state index in [2.05, 4.69) is 24.1 Å². The molecule has 0 aliphatic carbocycles. The zero-order chi connectivity index (χ0) is 12.3. The van der Waals surface area contributed by atoms with Crippen molar-refractivity contribution in [2.75, 3.05) is 45.9 Å². The molecule has 5 nitrogen and oxygen atoms in total. The van der Waals surface area contributed by atoms with Crippen LogP contribution in [0.4, 0.5) is 0 Å². The first kappa shape index (κ1) is 12.8. The maximum Gasteiger partial charge on any atom is 0.253 e. The highest BCUT2D eigenvalue weighted by atomic mass is 16.5. The molecule has 0 radical (unpaired) electrons. The molecule has 2 rings (SSSR count). The molecule has 2 aliphatic heterocycles. The van der Waals surface area contributed by atoms with Crippen molar-refractivity contribution in [3.05, 3.63) is 0 Å². The summed E-state index contributed by atoms with van der Waals surface area (Å²) in [5, 5.41) is 3.30. The maximum atomic E-state index is 12.4. The fraction of sp³-hybridized carbons (Fsp3) is 0.917. The summed E-state index contributed by atoms with van der Waals surface area (Å²) in [6, 6.07) is 0.275. The molecule has 5 heteroatoms. The maximum absolute atomic E-state index is 12.4. The lowest BCUT2D eigenvalue weighted by molar-refractivity contribution is -0.152. The number of hydrogen-bond acceptors (Lipinski definition) is 4. The Morgan fingerprint density at radius 1 is 1.47 bits per heavy atom. The molecule has 17 heavy (non-hydrogen) atoms. The number of morpholine rings is 1. The van der Waals surface area contributed by atoms with Crippen molar-refractivity contribution in [1.82, 2.24) is 15.1 Å². The van der Waals surface area contributed by atoms with Gasteiger partial charge in [-0.3, -0.25) is 9.69 Å². The van der Waals surface area contributed by atoms with Gasteiger partial charge >= 0.3 is 0 Å². The Kier molecular flexibility index (Phi) is 4.36. The number of piperazine rings is 1. The molecule has 98 valence electrons. The zero-order valence-electron chi connectivity index (χ0n) is 10.8. The second-order valence-electron chi connectivity index (χ2n) is 4.84.